The first-order valence-corrected chi connectivity index (χ1v) is 7.43. The van der Waals surface area contributed by atoms with Crippen molar-refractivity contribution >= 4 is 21.4 Å². The van der Waals surface area contributed by atoms with Crippen LogP contribution >= 0.6 is 11.3 Å². The molecule has 98 valence electrons. The van der Waals surface area contributed by atoms with Crippen molar-refractivity contribution in [1.29, 1.82) is 0 Å². The van der Waals surface area contributed by atoms with Crippen molar-refractivity contribution in [1.82, 2.24) is 5.32 Å². The van der Waals surface area contributed by atoms with Gasteiger partial charge in [0.05, 0.1) is 6.04 Å². The predicted octanol–water partition coefficient (Wildman–Crippen LogP) is 4.50. The van der Waals surface area contributed by atoms with Crippen LogP contribution in [0.15, 0.2) is 46.2 Å². The molecule has 0 radical (unpaired) electrons. The van der Waals surface area contributed by atoms with E-state index in [0.717, 1.165) is 18.1 Å². The van der Waals surface area contributed by atoms with Gasteiger partial charge >= 0.3 is 0 Å². The highest BCUT2D eigenvalue weighted by Crippen LogP contribution is 2.34. The standard InChI is InChI=1S/C16H17NOS/c1-3-17-16(14-9-8-11(2)18-14)13-10-19-15-7-5-4-6-12(13)15/h4-10,16-17H,3H2,1-2H3. The number of hydrogen-bond acceptors (Lipinski definition) is 3. The Morgan fingerprint density at radius 3 is 2.79 bits per heavy atom. The van der Waals surface area contributed by atoms with E-state index in [-0.39, 0.29) is 6.04 Å². The molecule has 0 saturated carbocycles. The lowest BCUT2D eigenvalue weighted by atomic mass is 10.0. The Bertz CT molecular complexity index is 683. The zero-order valence-corrected chi connectivity index (χ0v) is 12.0. The number of thiophene rings is 1. The lowest BCUT2D eigenvalue weighted by molar-refractivity contribution is 0.436. The molecule has 0 aliphatic heterocycles. The van der Waals surface area contributed by atoms with E-state index in [0.29, 0.717) is 0 Å². The quantitative estimate of drug-likeness (QED) is 0.755. The Balaban J connectivity index is 2.09. The van der Waals surface area contributed by atoms with Crippen LogP contribution in [-0.4, -0.2) is 6.54 Å². The van der Waals surface area contributed by atoms with Crippen molar-refractivity contribution in [2.24, 2.45) is 0 Å². The molecule has 19 heavy (non-hydrogen) atoms. The van der Waals surface area contributed by atoms with Gasteiger partial charge in [-0.1, -0.05) is 25.1 Å². The maximum Gasteiger partial charge on any atom is 0.125 e. The average Bonchev–Trinajstić information content (AvgIpc) is 3.03. The van der Waals surface area contributed by atoms with E-state index in [1.54, 1.807) is 11.3 Å². The normalized spacial score (nSPS) is 12.9. The summed E-state index contributed by atoms with van der Waals surface area (Å²) in [6.07, 6.45) is 0. The summed E-state index contributed by atoms with van der Waals surface area (Å²) in [5.74, 6) is 1.94. The van der Waals surface area contributed by atoms with E-state index in [2.05, 4.69) is 48.0 Å². The van der Waals surface area contributed by atoms with Crippen LogP contribution in [0.5, 0.6) is 0 Å². The molecule has 0 fully saturated rings. The summed E-state index contributed by atoms with van der Waals surface area (Å²) < 4.78 is 7.14. The van der Waals surface area contributed by atoms with Gasteiger partial charge in [0.25, 0.3) is 0 Å². The molecule has 1 unspecified atom stereocenters. The van der Waals surface area contributed by atoms with Crippen molar-refractivity contribution in [2.75, 3.05) is 6.54 Å². The molecule has 0 aliphatic rings. The van der Waals surface area contributed by atoms with Crippen molar-refractivity contribution in [2.45, 2.75) is 19.9 Å². The van der Waals surface area contributed by atoms with Gasteiger partial charge in [-0.25, -0.2) is 0 Å². The number of fused-ring (bicyclic) bond motifs is 1. The predicted molar refractivity (Wildman–Crippen MR) is 80.8 cm³/mol. The van der Waals surface area contributed by atoms with Gasteiger partial charge < -0.3 is 9.73 Å². The largest absolute Gasteiger partial charge is 0.464 e. The molecule has 2 heterocycles. The number of benzene rings is 1. The van der Waals surface area contributed by atoms with E-state index < -0.39 is 0 Å². The monoisotopic (exact) mass is 271 g/mol. The summed E-state index contributed by atoms with van der Waals surface area (Å²) in [7, 11) is 0. The molecule has 0 aliphatic carbocycles. The number of aryl methyl sites for hydroxylation is 1. The fraction of sp³-hybridized carbons (Fsp3) is 0.250. The van der Waals surface area contributed by atoms with Gasteiger partial charge in [-0.15, -0.1) is 11.3 Å². The molecule has 0 saturated heterocycles. The Kier molecular flexibility index (Phi) is 3.40. The first kappa shape index (κ1) is 12.5. The summed E-state index contributed by atoms with van der Waals surface area (Å²) in [6, 6.07) is 12.7. The zero-order valence-electron chi connectivity index (χ0n) is 11.1. The molecule has 0 spiro atoms. The van der Waals surface area contributed by atoms with Crippen molar-refractivity contribution in [3.8, 4) is 0 Å². The third-order valence-corrected chi connectivity index (χ3v) is 4.26. The van der Waals surface area contributed by atoms with Crippen molar-refractivity contribution in [3.05, 3.63) is 58.9 Å². The van der Waals surface area contributed by atoms with Crippen LogP contribution in [0.4, 0.5) is 0 Å². The first-order valence-electron chi connectivity index (χ1n) is 6.55. The smallest absolute Gasteiger partial charge is 0.125 e. The van der Waals surface area contributed by atoms with E-state index >= 15 is 0 Å². The second kappa shape index (κ2) is 5.19. The number of hydrogen-bond donors (Lipinski definition) is 1. The molecule has 3 rings (SSSR count). The van der Waals surface area contributed by atoms with Crippen LogP contribution in [0, 0.1) is 6.92 Å². The number of furan rings is 1. The molecule has 1 atom stereocenters. The SMILES string of the molecule is CCNC(c1ccc(C)o1)c1csc2ccccc12. The maximum atomic E-state index is 5.81. The summed E-state index contributed by atoms with van der Waals surface area (Å²) >= 11 is 1.79. The van der Waals surface area contributed by atoms with E-state index in [1.807, 2.05) is 13.0 Å². The topological polar surface area (TPSA) is 25.2 Å². The molecule has 2 nitrogen and oxygen atoms in total. The first-order chi connectivity index (χ1) is 9.29. The Morgan fingerprint density at radius 1 is 1.21 bits per heavy atom. The van der Waals surface area contributed by atoms with Crippen LogP contribution in [0.1, 0.15) is 30.0 Å². The summed E-state index contributed by atoms with van der Waals surface area (Å²) in [5, 5.41) is 7.06. The van der Waals surface area contributed by atoms with Gasteiger partial charge in [0.1, 0.15) is 11.5 Å². The highest BCUT2D eigenvalue weighted by Gasteiger charge is 2.19. The molecule has 2 aromatic heterocycles. The van der Waals surface area contributed by atoms with Crippen LogP contribution in [-0.2, 0) is 0 Å². The van der Waals surface area contributed by atoms with Gasteiger partial charge in [-0.05, 0) is 48.0 Å². The van der Waals surface area contributed by atoms with Crippen molar-refractivity contribution < 1.29 is 4.42 Å². The van der Waals surface area contributed by atoms with Gasteiger partial charge in [0.15, 0.2) is 0 Å². The lowest BCUT2D eigenvalue weighted by Crippen LogP contribution is -2.21. The molecular formula is C16H17NOS. The Hall–Kier alpha value is -1.58. The molecule has 3 aromatic rings. The highest BCUT2D eigenvalue weighted by atomic mass is 32.1. The Morgan fingerprint density at radius 2 is 2.05 bits per heavy atom. The average molecular weight is 271 g/mol. The Labute approximate surface area is 117 Å². The molecule has 3 heteroatoms. The summed E-state index contributed by atoms with van der Waals surface area (Å²) in [4.78, 5) is 0. The van der Waals surface area contributed by atoms with Gasteiger partial charge in [-0.3, -0.25) is 0 Å². The number of rotatable bonds is 4. The van der Waals surface area contributed by atoms with Crippen LogP contribution in [0.3, 0.4) is 0 Å². The van der Waals surface area contributed by atoms with Gasteiger partial charge in [-0.2, -0.15) is 0 Å². The van der Waals surface area contributed by atoms with E-state index in [1.165, 1.54) is 15.6 Å². The molecule has 0 bridgehead atoms. The highest BCUT2D eigenvalue weighted by molar-refractivity contribution is 7.17. The summed E-state index contributed by atoms with van der Waals surface area (Å²) in [6.45, 7) is 5.02. The van der Waals surface area contributed by atoms with Gasteiger partial charge in [0.2, 0.25) is 0 Å². The molecule has 1 N–H and O–H groups in total. The second-order valence-corrected chi connectivity index (χ2v) is 5.54. The zero-order chi connectivity index (χ0) is 13.2. The fourth-order valence-electron chi connectivity index (χ4n) is 2.40. The van der Waals surface area contributed by atoms with E-state index in [9.17, 15) is 0 Å². The third kappa shape index (κ3) is 2.31. The lowest BCUT2D eigenvalue weighted by Gasteiger charge is -2.15. The molecule has 0 amide bonds. The summed E-state index contributed by atoms with van der Waals surface area (Å²) in [5.41, 5.74) is 1.30. The van der Waals surface area contributed by atoms with E-state index in [4.69, 9.17) is 4.42 Å². The molecule has 1 aromatic carbocycles. The minimum absolute atomic E-state index is 0.134. The van der Waals surface area contributed by atoms with Crippen molar-refractivity contribution in [3.63, 3.8) is 0 Å². The van der Waals surface area contributed by atoms with Crippen LogP contribution in [0.2, 0.25) is 0 Å². The second-order valence-electron chi connectivity index (χ2n) is 4.63. The van der Waals surface area contributed by atoms with Crippen LogP contribution in [0.25, 0.3) is 10.1 Å². The van der Waals surface area contributed by atoms with Crippen LogP contribution < -0.4 is 5.32 Å². The minimum atomic E-state index is 0.134. The number of nitrogens with one attached hydrogen (secondary N) is 1. The van der Waals surface area contributed by atoms with Gasteiger partial charge in [0, 0.05) is 4.70 Å². The maximum absolute atomic E-state index is 5.81. The fourth-order valence-corrected chi connectivity index (χ4v) is 3.39. The minimum Gasteiger partial charge on any atom is -0.464 e. The third-order valence-electron chi connectivity index (χ3n) is 3.28. The molecular weight excluding hydrogens is 254 g/mol.